The fourth-order valence-electron chi connectivity index (χ4n) is 1.56. The number of hydrogen-bond acceptors (Lipinski definition) is 3. The molecule has 1 aliphatic rings. The number of unbranched alkanes of at least 4 members (excludes halogenated alkanes) is 1. The van der Waals surface area contributed by atoms with E-state index in [1.165, 1.54) is 6.42 Å². The van der Waals surface area contributed by atoms with Crippen molar-refractivity contribution in [2.24, 2.45) is 0 Å². The summed E-state index contributed by atoms with van der Waals surface area (Å²) in [5, 5.41) is 12.6. The Labute approximate surface area is 74.1 Å². The van der Waals surface area contributed by atoms with Gasteiger partial charge in [-0.25, -0.2) is 0 Å². The molecule has 3 nitrogen and oxygen atoms in total. The maximum atomic E-state index is 9.23. The van der Waals surface area contributed by atoms with Crippen LogP contribution in [0.25, 0.3) is 0 Å². The van der Waals surface area contributed by atoms with Gasteiger partial charge in [0.1, 0.15) is 0 Å². The van der Waals surface area contributed by atoms with E-state index in [0.29, 0.717) is 6.61 Å². The lowest BCUT2D eigenvalue weighted by Crippen LogP contribution is -2.56. The number of nitrogens with one attached hydrogen (secondary N) is 1. The molecule has 1 unspecified atom stereocenters. The third-order valence-corrected chi connectivity index (χ3v) is 2.44. The predicted octanol–water partition coefficient (Wildman–Crippen LogP) is 0.527. The van der Waals surface area contributed by atoms with Gasteiger partial charge in [-0.15, -0.1) is 0 Å². The molecule has 72 valence electrons. The van der Waals surface area contributed by atoms with E-state index in [2.05, 4.69) is 12.2 Å². The molecule has 1 fully saturated rings. The number of hydrogen-bond donors (Lipinski definition) is 2. The quantitative estimate of drug-likeness (QED) is 0.651. The van der Waals surface area contributed by atoms with E-state index in [1.807, 2.05) is 0 Å². The number of morpholine rings is 1. The molecule has 1 rings (SSSR count). The summed E-state index contributed by atoms with van der Waals surface area (Å²) in [5.41, 5.74) is -0.145. The van der Waals surface area contributed by atoms with Gasteiger partial charge < -0.3 is 15.2 Å². The van der Waals surface area contributed by atoms with Crippen LogP contribution < -0.4 is 5.32 Å². The van der Waals surface area contributed by atoms with Gasteiger partial charge in [-0.1, -0.05) is 19.8 Å². The van der Waals surface area contributed by atoms with Gasteiger partial charge in [-0.2, -0.15) is 0 Å². The molecule has 2 N–H and O–H groups in total. The van der Waals surface area contributed by atoms with Gasteiger partial charge in [-0.3, -0.25) is 0 Å². The molecule has 0 aromatic rings. The zero-order chi connectivity index (χ0) is 8.86. The predicted molar refractivity (Wildman–Crippen MR) is 48.2 cm³/mol. The first-order chi connectivity index (χ1) is 5.83. The molecule has 3 heteroatoms. The lowest BCUT2D eigenvalue weighted by Gasteiger charge is -2.36. The van der Waals surface area contributed by atoms with Crippen molar-refractivity contribution in [3.05, 3.63) is 0 Å². The molecular formula is C9H19NO2. The zero-order valence-corrected chi connectivity index (χ0v) is 7.81. The third-order valence-electron chi connectivity index (χ3n) is 2.44. The average molecular weight is 173 g/mol. The Balaban J connectivity index is 2.37. The van der Waals surface area contributed by atoms with Gasteiger partial charge in [0.05, 0.1) is 25.4 Å². The van der Waals surface area contributed by atoms with Crippen LogP contribution >= 0.6 is 0 Å². The Kier molecular flexibility index (Phi) is 3.98. The molecule has 0 amide bonds. The highest BCUT2D eigenvalue weighted by atomic mass is 16.5. The molecule has 0 aromatic carbocycles. The average Bonchev–Trinajstić information content (AvgIpc) is 2.16. The summed E-state index contributed by atoms with van der Waals surface area (Å²) in [6.45, 7) is 4.64. The van der Waals surface area contributed by atoms with E-state index in [9.17, 15) is 5.11 Å². The lowest BCUT2D eigenvalue weighted by molar-refractivity contribution is -0.00589. The highest BCUT2D eigenvalue weighted by Gasteiger charge is 2.30. The van der Waals surface area contributed by atoms with Crippen LogP contribution in [0.15, 0.2) is 0 Å². The molecular weight excluding hydrogens is 154 g/mol. The molecule has 0 aliphatic carbocycles. The Morgan fingerprint density at radius 2 is 2.42 bits per heavy atom. The minimum absolute atomic E-state index is 0.145. The lowest BCUT2D eigenvalue weighted by atomic mass is 9.93. The van der Waals surface area contributed by atoms with Gasteiger partial charge in [0, 0.05) is 6.54 Å². The largest absolute Gasteiger partial charge is 0.394 e. The fraction of sp³-hybridized carbons (Fsp3) is 1.00. The number of rotatable bonds is 4. The summed E-state index contributed by atoms with van der Waals surface area (Å²) in [6.07, 6.45) is 3.33. The summed E-state index contributed by atoms with van der Waals surface area (Å²) >= 11 is 0. The highest BCUT2D eigenvalue weighted by molar-refractivity contribution is 4.89. The molecule has 0 aromatic heterocycles. The van der Waals surface area contributed by atoms with Crippen LogP contribution in [0.5, 0.6) is 0 Å². The van der Waals surface area contributed by atoms with E-state index < -0.39 is 0 Å². The molecule has 0 saturated carbocycles. The molecule has 0 spiro atoms. The van der Waals surface area contributed by atoms with Crippen molar-refractivity contribution in [2.75, 3.05) is 26.4 Å². The molecule has 0 radical (unpaired) electrons. The molecule has 1 atom stereocenters. The van der Waals surface area contributed by atoms with Gasteiger partial charge in [-0.05, 0) is 6.42 Å². The van der Waals surface area contributed by atoms with Gasteiger partial charge in [0.2, 0.25) is 0 Å². The highest BCUT2D eigenvalue weighted by Crippen LogP contribution is 2.16. The second-order valence-electron chi connectivity index (χ2n) is 3.52. The molecule has 0 bridgehead atoms. The second-order valence-corrected chi connectivity index (χ2v) is 3.52. The van der Waals surface area contributed by atoms with Crippen LogP contribution in [0.2, 0.25) is 0 Å². The zero-order valence-electron chi connectivity index (χ0n) is 7.81. The minimum Gasteiger partial charge on any atom is -0.394 e. The van der Waals surface area contributed by atoms with Crippen molar-refractivity contribution < 1.29 is 9.84 Å². The molecule has 1 saturated heterocycles. The Morgan fingerprint density at radius 1 is 1.58 bits per heavy atom. The van der Waals surface area contributed by atoms with Crippen LogP contribution in [0.4, 0.5) is 0 Å². The Bertz CT molecular complexity index is 122. The van der Waals surface area contributed by atoms with Crippen LogP contribution in [0.3, 0.4) is 0 Å². The van der Waals surface area contributed by atoms with Crippen LogP contribution in [-0.2, 0) is 4.74 Å². The van der Waals surface area contributed by atoms with E-state index in [-0.39, 0.29) is 12.1 Å². The monoisotopic (exact) mass is 173 g/mol. The number of ether oxygens (including phenoxy) is 1. The van der Waals surface area contributed by atoms with Crippen LogP contribution in [-0.4, -0.2) is 37.0 Å². The van der Waals surface area contributed by atoms with Gasteiger partial charge >= 0.3 is 0 Å². The van der Waals surface area contributed by atoms with Crippen molar-refractivity contribution in [2.45, 2.75) is 31.7 Å². The maximum Gasteiger partial charge on any atom is 0.0671 e. The van der Waals surface area contributed by atoms with Gasteiger partial charge in [0.15, 0.2) is 0 Å². The fourth-order valence-corrected chi connectivity index (χ4v) is 1.56. The summed E-state index contributed by atoms with van der Waals surface area (Å²) in [6, 6.07) is 0. The SMILES string of the molecule is CCCCC1(CO)COCCN1. The third kappa shape index (κ3) is 2.44. The van der Waals surface area contributed by atoms with Gasteiger partial charge in [0.25, 0.3) is 0 Å². The number of aliphatic hydroxyl groups excluding tert-OH is 1. The van der Waals surface area contributed by atoms with Crippen molar-refractivity contribution in [3.8, 4) is 0 Å². The minimum atomic E-state index is -0.145. The first-order valence-electron chi connectivity index (χ1n) is 4.76. The standard InChI is InChI=1S/C9H19NO2/c1-2-3-4-9(7-11)8-12-6-5-10-9/h10-11H,2-8H2,1H3. The van der Waals surface area contributed by atoms with E-state index >= 15 is 0 Å². The normalized spacial score (nSPS) is 30.5. The first kappa shape index (κ1) is 9.96. The van der Waals surface area contributed by atoms with E-state index in [0.717, 1.165) is 26.0 Å². The topological polar surface area (TPSA) is 41.5 Å². The summed E-state index contributed by atoms with van der Waals surface area (Å²) < 4.78 is 5.35. The Morgan fingerprint density at radius 3 is 2.92 bits per heavy atom. The van der Waals surface area contributed by atoms with Crippen LogP contribution in [0, 0.1) is 0 Å². The van der Waals surface area contributed by atoms with Crippen molar-refractivity contribution >= 4 is 0 Å². The van der Waals surface area contributed by atoms with Crippen LogP contribution in [0.1, 0.15) is 26.2 Å². The van der Waals surface area contributed by atoms with E-state index in [4.69, 9.17) is 4.74 Å². The first-order valence-corrected chi connectivity index (χ1v) is 4.76. The molecule has 1 heterocycles. The molecule has 1 aliphatic heterocycles. The summed E-state index contributed by atoms with van der Waals surface area (Å²) in [7, 11) is 0. The summed E-state index contributed by atoms with van der Waals surface area (Å²) in [5.74, 6) is 0. The number of aliphatic hydroxyl groups is 1. The second kappa shape index (κ2) is 4.80. The maximum absolute atomic E-state index is 9.23. The van der Waals surface area contributed by atoms with Crippen molar-refractivity contribution in [1.29, 1.82) is 0 Å². The Hall–Kier alpha value is -0.120. The smallest absolute Gasteiger partial charge is 0.0671 e. The molecule has 12 heavy (non-hydrogen) atoms. The van der Waals surface area contributed by atoms with Crippen molar-refractivity contribution in [3.63, 3.8) is 0 Å². The van der Waals surface area contributed by atoms with Crippen molar-refractivity contribution in [1.82, 2.24) is 5.32 Å². The van der Waals surface area contributed by atoms with E-state index in [1.54, 1.807) is 0 Å². The summed E-state index contributed by atoms with van der Waals surface area (Å²) in [4.78, 5) is 0.